The predicted octanol–water partition coefficient (Wildman–Crippen LogP) is 0.605. The van der Waals surface area contributed by atoms with Gasteiger partial charge < -0.3 is 5.11 Å². The van der Waals surface area contributed by atoms with E-state index in [4.69, 9.17) is 9.94 Å². The molecule has 0 radical (unpaired) electrons. The van der Waals surface area contributed by atoms with Crippen LogP contribution in [0.15, 0.2) is 0 Å². The van der Waals surface area contributed by atoms with Crippen LogP contribution in [0.3, 0.4) is 0 Å². The van der Waals surface area contributed by atoms with Crippen molar-refractivity contribution < 1.29 is 14.7 Å². The van der Waals surface area contributed by atoms with Gasteiger partial charge in [-0.05, 0) is 27.2 Å². The molecule has 0 unspecified atom stereocenters. The van der Waals surface area contributed by atoms with Gasteiger partial charge in [-0.25, -0.2) is 5.48 Å². The number of aliphatic hydroxyl groups is 1. The van der Waals surface area contributed by atoms with Gasteiger partial charge in [-0.1, -0.05) is 0 Å². The molecule has 72 valence electrons. The number of carbonyl (C=O) groups excluding carboxylic acids is 1. The lowest BCUT2D eigenvalue weighted by atomic mass is 10.2. The molecule has 2 N–H and O–H groups in total. The summed E-state index contributed by atoms with van der Waals surface area (Å²) >= 11 is 0. The number of rotatable bonds is 4. The summed E-state index contributed by atoms with van der Waals surface area (Å²) in [7, 11) is 0. The lowest BCUT2D eigenvalue weighted by molar-refractivity contribution is -0.145. The van der Waals surface area contributed by atoms with E-state index in [0.717, 1.165) is 0 Å². The highest BCUT2D eigenvalue weighted by atomic mass is 16.7. The summed E-state index contributed by atoms with van der Waals surface area (Å²) in [6.45, 7) is 5.57. The molecule has 0 aliphatic carbocycles. The van der Waals surface area contributed by atoms with Crippen LogP contribution < -0.4 is 5.48 Å². The second-order valence-corrected chi connectivity index (χ2v) is 3.57. The molecule has 0 spiro atoms. The molecule has 0 aromatic carbocycles. The fraction of sp³-hybridized carbons (Fsp3) is 0.875. The minimum atomic E-state index is -0.366. The maximum atomic E-state index is 10.9. The molecule has 0 aliphatic rings. The molecule has 0 saturated carbocycles. The number of hydroxylamine groups is 1. The van der Waals surface area contributed by atoms with Gasteiger partial charge in [0.1, 0.15) is 0 Å². The first-order valence-electron chi connectivity index (χ1n) is 4.03. The van der Waals surface area contributed by atoms with Crippen LogP contribution in [0.4, 0.5) is 0 Å². The Hall–Kier alpha value is -0.610. The van der Waals surface area contributed by atoms with Gasteiger partial charge in [-0.15, -0.1) is 0 Å². The van der Waals surface area contributed by atoms with Crippen molar-refractivity contribution >= 4 is 5.91 Å². The van der Waals surface area contributed by atoms with E-state index in [1.807, 2.05) is 20.8 Å². The van der Waals surface area contributed by atoms with Gasteiger partial charge in [-0.3, -0.25) is 9.63 Å². The lowest BCUT2D eigenvalue weighted by Crippen LogP contribution is -2.33. The molecular formula is C8H17NO3. The highest BCUT2D eigenvalue weighted by molar-refractivity contribution is 5.74. The minimum absolute atomic E-state index is 0.0307. The Bertz CT molecular complexity index is 140. The zero-order valence-corrected chi connectivity index (χ0v) is 7.89. The third-order valence-corrected chi connectivity index (χ3v) is 1.03. The van der Waals surface area contributed by atoms with E-state index in [1.165, 1.54) is 0 Å². The Morgan fingerprint density at radius 1 is 1.50 bits per heavy atom. The van der Waals surface area contributed by atoms with Gasteiger partial charge in [0, 0.05) is 13.0 Å². The minimum Gasteiger partial charge on any atom is -0.396 e. The molecule has 0 heterocycles. The number of carbonyl (C=O) groups is 1. The standard InChI is InChI=1S/C8H17NO3/c1-8(2,3)12-9-7(11)5-4-6-10/h10H,4-6H2,1-3H3,(H,9,11). The summed E-state index contributed by atoms with van der Waals surface area (Å²) in [6.07, 6.45) is 0.770. The second kappa shape index (κ2) is 5.11. The van der Waals surface area contributed by atoms with E-state index >= 15 is 0 Å². The third-order valence-electron chi connectivity index (χ3n) is 1.03. The predicted molar refractivity (Wildman–Crippen MR) is 45.3 cm³/mol. The largest absolute Gasteiger partial charge is 0.396 e. The van der Waals surface area contributed by atoms with Gasteiger partial charge in [-0.2, -0.15) is 0 Å². The summed E-state index contributed by atoms with van der Waals surface area (Å²) in [5, 5.41) is 8.42. The maximum Gasteiger partial charge on any atom is 0.243 e. The van der Waals surface area contributed by atoms with Crippen molar-refractivity contribution in [1.82, 2.24) is 5.48 Å². The molecule has 0 atom stereocenters. The summed E-state index contributed by atoms with van der Waals surface area (Å²) in [4.78, 5) is 15.9. The number of hydrogen-bond acceptors (Lipinski definition) is 3. The van der Waals surface area contributed by atoms with Gasteiger partial charge in [0.05, 0.1) is 5.60 Å². The first-order valence-corrected chi connectivity index (χ1v) is 4.03. The smallest absolute Gasteiger partial charge is 0.243 e. The van der Waals surface area contributed by atoms with Gasteiger partial charge in [0.15, 0.2) is 0 Å². The summed E-state index contributed by atoms with van der Waals surface area (Å²) in [5.41, 5.74) is 1.94. The third kappa shape index (κ3) is 7.50. The zero-order valence-electron chi connectivity index (χ0n) is 7.89. The van der Waals surface area contributed by atoms with Crippen molar-refractivity contribution in [1.29, 1.82) is 0 Å². The lowest BCUT2D eigenvalue weighted by Gasteiger charge is -2.18. The van der Waals surface area contributed by atoms with Crippen molar-refractivity contribution in [3.63, 3.8) is 0 Å². The fourth-order valence-corrected chi connectivity index (χ4v) is 0.501. The van der Waals surface area contributed by atoms with Crippen molar-refractivity contribution in [3.8, 4) is 0 Å². The monoisotopic (exact) mass is 175 g/mol. The van der Waals surface area contributed by atoms with Crippen molar-refractivity contribution in [2.45, 2.75) is 39.2 Å². The summed E-state index contributed by atoms with van der Waals surface area (Å²) < 4.78 is 0. The van der Waals surface area contributed by atoms with E-state index in [0.29, 0.717) is 12.8 Å². The van der Waals surface area contributed by atoms with Crippen LogP contribution in [0, 0.1) is 0 Å². The molecule has 12 heavy (non-hydrogen) atoms. The Morgan fingerprint density at radius 2 is 2.08 bits per heavy atom. The highest BCUT2D eigenvalue weighted by Gasteiger charge is 2.12. The van der Waals surface area contributed by atoms with Crippen molar-refractivity contribution in [3.05, 3.63) is 0 Å². The van der Waals surface area contributed by atoms with Crippen LogP contribution in [0.1, 0.15) is 33.6 Å². The van der Waals surface area contributed by atoms with Crippen LogP contribution in [-0.2, 0) is 9.63 Å². The Labute approximate surface area is 72.9 Å². The van der Waals surface area contributed by atoms with Gasteiger partial charge in [0.25, 0.3) is 0 Å². The van der Waals surface area contributed by atoms with Gasteiger partial charge in [0.2, 0.25) is 5.91 Å². The van der Waals surface area contributed by atoms with Crippen LogP contribution in [0.25, 0.3) is 0 Å². The van der Waals surface area contributed by atoms with Crippen molar-refractivity contribution in [2.24, 2.45) is 0 Å². The van der Waals surface area contributed by atoms with E-state index in [-0.39, 0.29) is 18.1 Å². The molecule has 1 amide bonds. The van der Waals surface area contributed by atoms with Crippen LogP contribution in [0.2, 0.25) is 0 Å². The average Bonchev–Trinajstić information content (AvgIpc) is 1.95. The second-order valence-electron chi connectivity index (χ2n) is 3.57. The first kappa shape index (κ1) is 11.4. The Kier molecular flexibility index (Phi) is 4.85. The van der Waals surface area contributed by atoms with E-state index in [1.54, 1.807) is 0 Å². The molecule has 0 aromatic heterocycles. The fourth-order valence-electron chi connectivity index (χ4n) is 0.501. The molecule has 0 aromatic rings. The molecule has 0 rings (SSSR count). The number of hydrogen-bond donors (Lipinski definition) is 2. The molecule has 0 fully saturated rings. The molecule has 0 bridgehead atoms. The summed E-state index contributed by atoms with van der Waals surface area (Å²) in [5.74, 6) is -0.195. The van der Waals surface area contributed by atoms with Gasteiger partial charge >= 0.3 is 0 Å². The molecule has 0 saturated heterocycles. The zero-order chi connectivity index (χ0) is 9.61. The first-order chi connectivity index (χ1) is 5.45. The van der Waals surface area contributed by atoms with Crippen LogP contribution in [-0.4, -0.2) is 23.2 Å². The van der Waals surface area contributed by atoms with E-state index < -0.39 is 0 Å². The average molecular weight is 175 g/mol. The quantitative estimate of drug-likeness (QED) is 0.615. The molecular weight excluding hydrogens is 158 g/mol. The Balaban J connectivity index is 3.44. The topological polar surface area (TPSA) is 58.6 Å². The number of nitrogens with one attached hydrogen (secondary N) is 1. The number of aliphatic hydroxyl groups excluding tert-OH is 1. The number of amides is 1. The highest BCUT2D eigenvalue weighted by Crippen LogP contribution is 2.03. The SMILES string of the molecule is CC(C)(C)ONC(=O)CCCO. The molecule has 4 nitrogen and oxygen atoms in total. The normalized spacial score (nSPS) is 11.3. The van der Waals surface area contributed by atoms with Crippen molar-refractivity contribution in [2.75, 3.05) is 6.61 Å². The maximum absolute atomic E-state index is 10.9. The van der Waals surface area contributed by atoms with Crippen LogP contribution >= 0.6 is 0 Å². The van der Waals surface area contributed by atoms with Crippen LogP contribution in [0.5, 0.6) is 0 Å². The molecule has 0 aliphatic heterocycles. The van der Waals surface area contributed by atoms with E-state index in [9.17, 15) is 4.79 Å². The molecule has 4 heteroatoms. The van der Waals surface area contributed by atoms with E-state index in [2.05, 4.69) is 5.48 Å². The Morgan fingerprint density at radius 3 is 2.50 bits per heavy atom. The summed E-state index contributed by atoms with van der Waals surface area (Å²) in [6, 6.07) is 0.